The van der Waals surface area contributed by atoms with Crippen LogP contribution in [0.5, 0.6) is 0 Å². The molecular formula is C19H24N6O2. The second-order valence-corrected chi connectivity index (χ2v) is 6.77. The van der Waals surface area contributed by atoms with Gasteiger partial charge < -0.3 is 15.2 Å². The Morgan fingerprint density at radius 3 is 2.70 bits per heavy atom. The maximum absolute atomic E-state index is 12.6. The van der Waals surface area contributed by atoms with Crippen molar-refractivity contribution in [1.29, 1.82) is 0 Å². The molecule has 2 amide bonds. The van der Waals surface area contributed by atoms with Crippen molar-refractivity contribution in [2.75, 3.05) is 7.05 Å². The number of benzene rings is 1. The Bertz CT molecular complexity index is 1050. The molecule has 0 saturated heterocycles. The molecule has 1 aromatic carbocycles. The van der Waals surface area contributed by atoms with Gasteiger partial charge in [0.1, 0.15) is 5.82 Å². The Morgan fingerprint density at radius 1 is 1.33 bits per heavy atom. The molecule has 2 heterocycles. The largest absolute Gasteiger partial charge is 0.331 e. The predicted molar refractivity (Wildman–Crippen MR) is 103 cm³/mol. The number of nitrogens with one attached hydrogen (secondary N) is 2. The lowest BCUT2D eigenvalue weighted by molar-refractivity contribution is 0.202. The Morgan fingerprint density at radius 2 is 2.04 bits per heavy atom. The van der Waals surface area contributed by atoms with Crippen molar-refractivity contribution in [2.45, 2.75) is 33.4 Å². The first-order chi connectivity index (χ1) is 12.8. The van der Waals surface area contributed by atoms with E-state index in [-0.39, 0.29) is 24.2 Å². The summed E-state index contributed by atoms with van der Waals surface area (Å²) < 4.78 is 1.81. The highest BCUT2D eigenvalue weighted by atomic mass is 16.2. The van der Waals surface area contributed by atoms with Crippen molar-refractivity contribution in [3.8, 4) is 0 Å². The molecule has 3 rings (SSSR count). The van der Waals surface area contributed by atoms with Gasteiger partial charge in [0.2, 0.25) is 0 Å². The average molecular weight is 368 g/mol. The maximum atomic E-state index is 12.6. The molecule has 0 bridgehead atoms. The summed E-state index contributed by atoms with van der Waals surface area (Å²) in [4.78, 5) is 33.4. The number of aromatic nitrogens is 4. The molecular weight excluding hydrogens is 344 g/mol. The average Bonchev–Trinajstić information content (AvgIpc) is 2.87. The van der Waals surface area contributed by atoms with E-state index in [0.29, 0.717) is 16.7 Å². The molecule has 1 unspecified atom stereocenters. The number of amides is 2. The number of hydrogen-bond donors (Lipinski definition) is 2. The van der Waals surface area contributed by atoms with Gasteiger partial charge in [-0.3, -0.25) is 9.48 Å². The van der Waals surface area contributed by atoms with Gasteiger partial charge in [-0.05, 0) is 32.9 Å². The number of H-pyrrole nitrogens is 1. The van der Waals surface area contributed by atoms with Crippen molar-refractivity contribution in [1.82, 2.24) is 30.0 Å². The Labute approximate surface area is 157 Å². The first kappa shape index (κ1) is 18.6. The lowest BCUT2D eigenvalue weighted by Crippen LogP contribution is -2.39. The van der Waals surface area contributed by atoms with E-state index in [9.17, 15) is 9.59 Å². The molecule has 0 saturated carbocycles. The van der Waals surface area contributed by atoms with E-state index in [2.05, 4.69) is 20.4 Å². The highest BCUT2D eigenvalue weighted by molar-refractivity contribution is 5.77. The number of aromatic amines is 1. The first-order valence-corrected chi connectivity index (χ1v) is 8.77. The zero-order chi connectivity index (χ0) is 19.7. The molecule has 0 fully saturated rings. The molecule has 3 aromatic rings. The summed E-state index contributed by atoms with van der Waals surface area (Å²) in [7, 11) is 3.55. The van der Waals surface area contributed by atoms with Gasteiger partial charge in [0.15, 0.2) is 0 Å². The molecule has 1 atom stereocenters. The van der Waals surface area contributed by atoms with Gasteiger partial charge in [-0.1, -0.05) is 12.1 Å². The van der Waals surface area contributed by atoms with Crippen LogP contribution in [-0.4, -0.2) is 37.7 Å². The van der Waals surface area contributed by atoms with Crippen LogP contribution in [0.4, 0.5) is 4.79 Å². The molecule has 8 heteroatoms. The number of para-hydroxylation sites is 1. The van der Waals surface area contributed by atoms with Crippen LogP contribution >= 0.6 is 0 Å². The number of urea groups is 1. The Balaban J connectivity index is 1.73. The first-order valence-electron chi connectivity index (χ1n) is 8.77. The van der Waals surface area contributed by atoms with Gasteiger partial charge in [0, 0.05) is 25.4 Å². The van der Waals surface area contributed by atoms with E-state index in [0.717, 1.165) is 17.0 Å². The lowest BCUT2D eigenvalue weighted by Gasteiger charge is -2.21. The third kappa shape index (κ3) is 3.69. The smallest absolute Gasteiger partial charge is 0.318 e. The molecule has 8 nitrogen and oxygen atoms in total. The number of hydrogen-bond acceptors (Lipinski definition) is 4. The minimum atomic E-state index is -0.249. The van der Waals surface area contributed by atoms with Gasteiger partial charge in [-0.2, -0.15) is 5.10 Å². The van der Waals surface area contributed by atoms with Crippen molar-refractivity contribution < 1.29 is 4.79 Å². The minimum absolute atomic E-state index is 0.183. The van der Waals surface area contributed by atoms with Crippen molar-refractivity contribution >= 4 is 16.9 Å². The zero-order valence-electron chi connectivity index (χ0n) is 16.2. The second-order valence-electron chi connectivity index (χ2n) is 6.77. The van der Waals surface area contributed by atoms with Crippen LogP contribution in [-0.2, 0) is 13.6 Å². The number of carbonyl (C=O) groups excluding carboxylic acids is 1. The fraction of sp³-hybridized carbons (Fsp3) is 0.368. The summed E-state index contributed by atoms with van der Waals surface area (Å²) in [5, 5.41) is 7.90. The summed E-state index contributed by atoms with van der Waals surface area (Å²) in [6, 6.07) is 6.70. The SMILES string of the molecule is Cc1nn(C)c(C)c1C(C)NC(=O)N(C)Cc1nc2ccccc2c(=O)[nH]1. The van der Waals surface area contributed by atoms with E-state index in [4.69, 9.17) is 0 Å². The number of rotatable bonds is 4. The molecule has 2 aromatic heterocycles. The van der Waals surface area contributed by atoms with Crippen LogP contribution in [0.3, 0.4) is 0 Å². The van der Waals surface area contributed by atoms with Crippen LogP contribution in [0.25, 0.3) is 10.9 Å². The van der Waals surface area contributed by atoms with Crippen LogP contribution in [0.1, 0.15) is 35.7 Å². The molecule has 0 spiro atoms. The normalized spacial score (nSPS) is 12.2. The molecule has 0 aliphatic rings. The Hall–Kier alpha value is -3.16. The quantitative estimate of drug-likeness (QED) is 0.738. The second kappa shape index (κ2) is 7.22. The zero-order valence-corrected chi connectivity index (χ0v) is 16.2. The van der Waals surface area contributed by atoms with Crippen LogP contribution in [0, 0.1) is 13.8 Å². The standard InChI is InChI=1S/C19H24N6O2/c1-11(17-12(2)23-25(5)13(17)3)20-19(27)24(4)10-16-21-15-9-7-6-8-14(15)18(26)22-16/h6-9,11H,10H2,1-5H3,(H,20,27)(H,21,22,26). The topological polar surface area (TPSA) is 95.9 Å². The van der Waals surface area contributed by atoms with Gasteiger partial charge in [-0.25, -0.2) is 9.78 Å². The summed E-state index contributed by atoms with van der Waals surface area (Å²) in [5.74, 6) is 0.442. The molecule has 142 valence electrons. The lowest BCUT2D eigenvalue weighted by atomic mass is 10.1. The molecule has 0 radical (unpaired) electrons. The third-order valence-electron chi connectivity index (χ3n) is 4.73. The fourth-order valence-corrected chi connectivity index (χ4v) is 3.29. The summed E-state index contributed by atoms with van der Waals surface area (Å²) in [6.07, 6.45) is 0. The van der Waals surface area contributed by atoms with E-state index < -0.39 is 0 Å². The van der Waals surface area contributed by atoms with Crippen molar-refractivity contribution in [2.24, 2.45) is 7.05 Å². The van der Waals surface area contributed by atoms with Crippen LogP contribution < -0.4 is 10.9 Å². The van der Waals surface area contributed by atoms with E-state index in [1.165, 1.54) is 4.90 Å². The van der Waals surface area contributed by atoms with Gasteiger partial charge in [0.05, 0.1) is 29.2 Å². The van der Waals surface area contributed by atoms with Crippen LogP contribution in [0.15, 0.2) is 29.1 Å². The number of aryl methyl sites for hydroxylation is 2. The minimum Gasteiger partial charge on any atom is -0.331 e. The van der Waals surface area contributed by atoms with E-state index >= 15 is 0 Å². The van der Waals surface area contributed by atoms with Gasteiger partial charge in [0.25, 0.3) is 5.56 Å². The van der Waals surface area contributed by atoms with Gasteiger partial charge >= 0.3 is 6.03 Å². The summed E-state index contributed by atoms with van der Waals surface area (Å²) in [6.45, 7) is 6.03. The van der Waals surface area contributed by atoms with Crippen LogP contribution in [0.2, 0.25) is 0 Å². The molecule has 0 aliphatic heterocycles. The molecule has 27 heavy (non-hydrogen) atoms. The van der Waals surface area contributed by atoms with Crippen molar-refractivity contribution in [3.05, 3.63) is 57.4 Å². The van der Waals surface area contributed by atoms with Crippen molar-refractivity contribution in [3.63, 3.8) is 0 Å². The fourth-order valence-electron chi connectivity index (χ4n) is 3.29. The van der Waals surface area contributed by atoms with Gasteiger partial charge in [-0.15, -0.1) is 0 Å². The number of fused-ring (bicyclic) bond motifs is 1. The molecule has 0 aliphatic carbocycles. The highest BCUT2D eigenvalue weighted by Crippen LogP contribution is 2.20. The third-order valence-corrected chi connectivity index (χ3v) is 4.73. The highest BCUT2D eigenvalue weighted by Gasteiger charge is 2.20. The van der Waals surface area contributed by atoms with E-state index in [1.807, 2.05) is 33.9 Å². The molecule has 2 N–H and O–H groups in total. The predicted octanol–water partition coefficient (Wildman–Crippen LogP) is 2.18. The maximum Gasteiger partial charge on any atom is 0.318 e. The summed E-state index contributed by atoms with van der Waals surface area (Å²) in [5.41, 5.74) is 3.32. The number of carbonyl (C=O) groups is 1. The van der Waals surface area contributed by atoms with E-state index in [1.54, 1.807) is 29.9 Å². The Kier molecular flexibility index (Phi) is 4.98. The monoisotopic (exact) mass is 368 g/mol. The summed E-state index contributed by atoms with van der Waals surface area (Å²) >= 11 is 0. The number of nitrogens with zero attached hydrogens (tertiary/aromatic N) is 4.